The molecule has 2 aromatic rings. The van der Waals surface area contributed by atoms with Crippen molar-refractivity contribution in [3.8, 4) is 11.5 Å². The molecule has 1 saturated heterocycles. The number of rotatable bonds is 8. The van der Waals surface area contributed by atoms with E-state index in [1.165, 1.54) is 0 Å². The number of hydrogen-bond donors (Lipinski definition) is 1. The van der Waals surface area contributed by atoms with E-state index in [-0.39, 0.29) is 0 Å². The summed E-state index contributed by atoms with van der Waals surface area (Å²) in [6, 6.07) is 7.94. The van der Waals surface area contributed by atoms with Gasteiger partial charge in [0.25, 0.3) is 0 Å². The third-order valence-corrected chi connectivity index (χ3v) is 5.08. The van der Waals surface area contributed by atoms with Crippen LogP contribution in [0.15, 0.2) is 29.6 Å². The van der Waals surface area contributed by atoms with Crippen LogP contribution in [0.3, 0.4) is 0 Å². The third-order valence-electron chi connectivity index (χ3n) is 3.95. The van der Waals surface area contributed by atoms with E-state index in [0.717, 1.165) is 43.0 Å². The predicted molar refractivity (Wildman–Crippen MR) is 97.3 cm³/mol. The molecule has 0 spiro atoms. The fourth-order valence-electron chi connectivity index (χ4n) is 2.74. The second-order valence-electron chi connectivity index (χ2n) is 5.74. The molecule has 0 saturated carbocycles. The second-order valence-corrected chi connectivity index (χ2v) is 7.18. The summed E-state index contributed by atoms with van der Waals surface area (Å²) in [5.41, 5.74) is 1.07. The molecule has 1 unspecified atom stereocenters. The van der Waals surface area contributed by atoms with Crippen LogP contribution in [0.4, 0.5) is 0 Å². The molecule has 2 heterocycles. The Kier molecular flexibility index (Phi) is 6.37. The van der Waals surface area contributed by atoms with Gasteiger partial charge in [0.15, 0.2) is 11.5 Å². The van der Waals surface area contributed by atoms with Gasteiger partial charge in [-0.2, -0.15) is 0 Å². The topological polar surface area (TPSA) is 39.7 Å². The highest BCUT2D eigenvalue weighted by molar-refractivity contribution is 7.09. The van der Waals surface area contributed by atoms with Crippen LogP contribution in [-0.2, 0) is 17.9 Å². The highest BCUT2D eigenvalue weighted by Crippen LogP contribution is 2.37. The van der Waals surface area contributed by atoms with Crippen molar-refractivity contribution in [1.82, 2.24) is 5.32 Å². The third kappa shape index (κ3) is 4.63. The van der Waals surface area contributed by atoms with E-state index in [1.54, 1.807) is 18.4 Å². The molecule has 1 aromatic carbocycles. The number of benzene rings is 1. The number of thiophene rings is 1. The van der Waals surface area contributed by atoms with Gasteiger partial charge in [0.05, 0.1) is 18.2 Å². The van der Waals surface area contributed by atoms with Crippen LogP contribution in [0.5, 0.6) is 11.5 Å². The molecule has 1 aliphatic heterocycles. The number of ether oxygens (including phenoxy) is 3. The first-order valence-electron chi connectivity index (χ1n) is 8.10. The average Bonchev–Trinajstić information content (AvgIpc) is 3.27. The molecule has 24 heavy (non-hydrogen) atoms. The second kappa shape index (κ2) is 8.72. The Labute approximate surface area is 151 Å². The van der Waals surface area contributed by atoms with Crippen molar-refractivity contribution in [2.75, 3.05) is 20.3 Å². The fourth-order valence-corrected chi connectivity index (χ4v) is 3.64. The molecular formula is C18H22ClNO3S. The summed E-state index contributed by atoms with van der Waals surface area (Å²) in [5.74, 6) is 1.25. The monoisotopic (exact) mass is 367 g/mol. The van der Waals surface area contributed by atoms with Crippen molar-refractivity contribution in [2.24, 2.45) is 0 Å². The van der Waals surface area contributed by atoms with E-state index in [1.807, 2.05) is 29.6 Å². The maximum absolute atomic E-state index is 6.41. The Balaban J connectivity index is 1.60. The minimum Gasteiger partial charge on any atom is -0.493 e. The van der Waals surface area contributed by atoms with Crippen molar-refractivity contribution < 1.29 is 14.2 Å². The van der Waals surface area contributed by atoms with Gasteiger partial charge < -0.3 is 19.5 Å². The normalized spacial score (nSPS) is 17.2. The van der Waals surface area contributed by atoms with E-state index in [2.05, 4.69) is 5.32 Å². The zero-order chi connectivity index (χ0) is 16.8. The maximum atomic E-state index is 6.41. The standard InChI is InChI=1S/C18H22ClNO3S/c1-21-17-9-13(10-20-11-14-4-2-6-22-14)8-16(19)18(17)23-12-15-5-3-7-24-15/h3,5,7-9,14,20H,2,4,6,10-12H2,1H3. The summed E-state index contributed by atoms with van der Waals surface area (Å²) >= 11 is 8.06. The van der Waals surface area contributed by atoms with Crippen LogP contribution in [0, 0.1) is 0 Å². The zero-order valence-electron chi connectivity index (χ0n) is 13.7. The van der Waals surface area contributed by atoms with Crippen LogP contribution in [0.1, 0.15) is 23.3 Å². The molecule has 0 bridgehead atoms. The lowest BCUT2D eigenvalue weighted by molar-refractivity contribution is 0.110. The average molecular weight is 368 g/mol. The van der Waals surface area contributed by atoms with Gasteiger partial charge in [-0.1, -0.05) is 17.7 Å². The van der Waals surface area contributed by atoms with Crippen LogP contribution in [0.2, 0.25) is 5.02 Å². The van der Waals surface area contributed by atoms with Gasteiger partial charge in [0.2, 0.25) is 0 Å². The van der Waals surface area contributed by atoms with E-state index in [4.69, 9.17) is 25.8 Å². The van der Waals surface area contributed by atoms with Gasteiger partial charge in [-0.3, -0.25) is 0 Å². The largest absolute Gasteiger partial charge is 0.493 e. The van der Waals surface area contributed by atoms with E-state index < -0.39 is 0 Å². The smallest absolute Gasteiger partial charge is 0.180 e. The first-order chi connectivity index (χ1) is 11.8. The first kappa shape index (κ1) is 17.5. The Morgan fingerprint density at radius 1 is 1.42 bits per heavy atom. The molecule has 0 aliphatic carbocycles. The Bertz CT molecular complexity index is 642. The van der Waals surface area contributed by atoms with Crippen molar-refractivity contribution >= 4 is 22.9 Å². The van der Waals surface area contributed by atoms with Crippen molar-refractivity contribution in [1.29, 1.82) is 0 Å². The lowest BCUT2D eigenvalue weighted by atomic mass is 10.2. The molecule has 4 nitrogen and oxygen atoms in total. The highest BCUT2D eigenvalue weighted by Gasteiger charge is 2.16. The summed E-state index contributed by atoms with van der Waals surface area (Å²) in [6.45, 7) is 2.95. The molecule has 1 fully saturated rings. The highest BCUT2D eigenvalue weighted by atomic mass is 35.5. The molecule has 1 aliphatic rings. The summed E-state index contributed by atoms with van der Waals surface area (Å²) in [4.78, 5) is 1.15. The van der Waals surface area contributed by atoms with Crippen LogP contribution in [0.25, 0.3) is 0 Å². The van der Waals surface area contributed by atoms with Gasteiger partial charge >= 0.3 is 0 Å². The van der Waals surface area contributed by atoms with E-state index in [9.17, 15) is 0 Å². The molecular weight excluding hydrogens is 346 g/mol. The van der Waals surface area contributed by atoms with Crippen LogP contribution >= 0.6 is 22.9 Å². The van der Waals surface area contributed by atoms with Gasteiger partial charge in [-0.05, 0) is 42.0 Å². The van der Waals surface area contributed by atoms with Crippen molar-refractivity contribution in [2.45, 2.75) is 32.1 Å². The minimum atomic E-state index is 0.329. The molecule has 3 rings (SSSR count). The van der Waals surface area contributed by atoms with E-state index >= 15 is 0 Å². The van der Waals surface area contributed by atoms with Gasteiger partial charge in [0.1, 0.15) is 6.61 Å². The van der Waals surface area contributed by atoms with Crippen LogP contribution < -0.4 is 14.8 Å². The number of methoxy groups -OCH3 is 1. The number of halogens is 1. The lowest BCUT2D eigenvalue weighted by Gasteiger charge is -2.15. The van der Waals surface area contributed by atoms with Gasteiger partial charge in [-0.15, -0.1) is 11.3 Å². The van der Waals surface area contributed by atoms with Crippen molar-refractivity contribution in [3.05, 3.63) is 45.1 Å². The zero-order valence-corrected chi connectivity index (χ0v) is 15.3. The summed E-state index contributed by atoms with van der Waals surface area (Å²) in [6.07, 6.45) is 2.62. The molecule has 1 N–H and O–H groups in total. The summed E-state index contributed by atoms with van der Waals surface area (Å²) in [5, 5.41) is 6.02. The Morgan fingerprint density at radius 3 is 3.04 bits per heavy atom. The van der Waals surface area contributed by atoms with Crippen molar-refractivity contribution in [3.63, 3.8) is 0 Å². The quantitative estimate of drug-likeness (QED) is 0.756. The molecule has 130 valence electrons. The SMILES string of the molecule is COc1cc(CNCC2CCCO2)cc(Cl)c1OCc1cccs1. The molecule has 6 heteroatoms. The maximum Gasteiger partial charge on any atom is 0.180 e. The molecule has 0 radical (unpaired) electrons. The Hall–Kier alpha value is -1.27. The van der Waals surface area contributed by atoms with Crippen LogP contribution in [-0.4, -0.2) is 26.4 Å². The predicted octanol–water partition coefficient (Wildman–Crippen LogP) is 4.26. The van der Waals surface area contributed by atoms with E-state index in [0.29, 0.717) is 29.2 Å². The summed E-state index contributed by atoms with van der Waals surface area (Å²) in [7, 11) is 1.63. The molecule has 1 aromatic heterocycles. The number of hydrogen-bond acceptors (Lipinski definition) is 5. The minimum absolute atomic E-state index is 0.329. The first-order valence-corrected chi connectivity index (χ1v) is 9.36. The fraction of sp³-hybridized carbons (Fsp3) is 0.444. The lowest BCUT2D eigenvalue weighted by Crippen LogP contribution is -2.25. The molecule has 1 atom stereocenters. The van der Waals surface area contributed by atoms with Gasteiger partial charge in [0, 0.05) is 24.6 Å². The summed E-state index contributed by atoms with van der Waals surface area (Å²) < 4.78 is 16.9. The molecule has 0 amide bonds. The van der Waals surface area contributed by atoms with Gasteiger partial charge in [-0.25, -0.2) is 0 Å². The number of nitrogens with one attached hydrogen (secondary N) is 1. The Morgan fingerprint density at radius 2 is 2.33 bits per heavy atom.